The molecule has 1 saturated heterocycles. The lowest BCUT2D eigenvalue weighted by atomic mass is 10.2. The van der Waals surface area contributed by atoms with Crippen LogP contribution in [0.2, 0.25) is 0 Å². The van der Waals surface area contributed by atoms with Gasteiger partial charge in [-0.15, -0.1) is 0 Å². The maximum Gasteiger partial charge on any atom is 0.263 e. The number of benzene rings is 1. The molecule has 2 amide bonds. The normalized spacial score (nSPS) is 16.6. The van der Waals surface area contributed by atoms with Crippen LogP contribution in [0.4, 0.5) is 0 Å². The molecule has 1 aromatic carbocycles. The number of para-hydroxylation sites is 1. The average molecular weight is 276 g/mol. The first-order valence-corrected chi connectivity index (χ1v) is 6.94. The smallest absolute Gasteiger partial charge is 0.263 e. The van der Waals surface area contributed by atoms with E-state index in [-0.39, 0.29) is 5.91 Å². The molecule has 0 radical (unpaired) electrons. The zero-order valence-electron chi connectivity index (χ0n) is 11.7. The van der Waals surface area contributed by atoms with Crippen LogP contribution in [0.1, 0.15) is 13.3 Å². The SMILES string of the molecule is CC[C@H](Oc1ccccc1)C(=O)N1CCN(C=O)CC1. The summed E-state index contributed by atoms with van der Waals surface area (Å²) in [6, 6.07) is 9.37. The van der Waals surface area contributed by atoms with Gasteiger partial charge in [-0.2, -0.15) is 0 Å². The Bertz CT molecular complexity index is 442. The van der Waals surface area contributed by atoms with Crippen molar-refractivity contribution in [2.45, 2.75) is 19.4 Å². The van der Waals surface area contributed by atoms with Crippen molar-refractivity contribution in [3.05, 3.63) is 30.3 Å². The number of piperazine rings is 1. The Labute approximate surface area is 119 Å². The topological polar surface area (TPSA) is 49.9 Å². The van der Waals surface area contributed by atoms with Crippen molar-refractivity contribution in [3.8, 4) is 5.75 Å². The number of nitrogens with zero attached hydrogens (tertiary/aromatic N) is 2. The van der Waals surface area contributed by atoms with E-state index in [1.165, 1.54) is 0 Å². The number of carbonyl (C=O) groups is 2. The lowest BCUT2D eigenvalue weighted by molar-refractivity contribution is -0.142. The first kappa shape index (κ1) is 14.4. The third-order valence-electron chi connectivity index (χ3n) is 3.44. The van der Waals surface area contributed by atoms with Crippen LogP contribution in [0.5, 0.6) is 5.75 Å². The lowest BCUT2D eigenvalue weighted by Gasteiger charge is -2.34. The molecule has 108 valence electrons. The fourth-order valence-corrected chi connectivity index (χ4v) is 2.22. The van der Waals surface area contributed by atoms with Crippen molar-refractivity contribution in [3.63, 3.8) is 0 Å². The minimum Gasteiger partial charge on any atom is -0.481 e. The second-order valence-electron chi connectivity index (χ2n) is 4.79. The molecule has 0 spiro atoms. The molecular formula is C15H20N2O3. The van der Waals surface area contributed by atoms with Crippen molar-refractivity contribution in [2.75, 3.05) is 26.2 Å². The van der Waals surface area contributed by atoms with E-state index in [2.05, 4.69) is 0 Å². The molecule has 1 fully saturated rings. The zero-order chi connectivity index (χ0) is 14.4. The summed E-state index contributed by atoms with van der Waals surface area (Å²) in [6.45, 7) is 4.28. The summed E-state index contributed by atoms with van der Waals surface area (Å²) in [7, 11) is 0. The molecule has 5 heteroatoms. The maximum absolute atomic E-state index is 12.4. The summed E-state index contributed by atoms with van der Waals surface area (Å²) < 4.78 is 5.76. The van der Waals surface area contributed by atoms with Crippen LogP contribution in [0.25, 0.3) is 0 Å². The summed E-state index contributed by atoms with van der Waals surface area (Å²) in [5.74, 6) is 0.709. The number of rotatable bonds is 5. The highest BCUT2D eigenvalue weighted by Crippen LogP contribution is 2.15. The lowest BCUT2D eigenvalue weighted by Crippen LogP contribution is -2.51. The van der Waals surface area contributed by atoms with Gasteiger partial charge in [-0.25, -0.2) is 0 Å². The Morgan fingerprint density at radius 3 is 2.45 bits per heavy atom. The van der Waals surface area contributed by atoms with Crippen LogP contribution in [0, 0.1) is 0 Å². The van der Waals surface area contributed by atoms with E-state index >= 15 is 0 Å². The first-order chi connectivity index (χ1) is 9.74. The molecule has 1 aromatic rings. The fraction of sp³-hybridized carbons (Fsp3) is 0.467. The van der Waals surface area contributed by atoms with Crippen LogP contribution < -0.4 is 4.74 Å². The van der Waals surface area contributed by atoms with Gasteiger partial charge in [0.15, 0.2) is 6.10 Å². The van der Waals surface area contributed by atoms with Gasteiger partial charge in [-0.1, -0.05) is 25.1 Å². The monoisotopic (exact) mass is 276 g/mol. The molecule has 0 aliphatic carbocycles. The molecule has 5 nitrogen and oxygen atoms in total. The molecular weight excluding hydrogens is 256 g/mol. The molecule has 0 N–H and O–H groups in total. The van der Waals surface area contributed by atoms with Gasteiger partial charge < -0.3 is 14.5 Å². The van der Waals surface area contributed by atoms with Gasteiger partial charge in [-0.05, 0) is 18.6 Å². The van der Waals surface area contributed by atoms with Gasteiger partial charge in [0.25, 0.3) is 5.91 Å². The molecule has 0 saturated carbocycles. The van der Waals surface area contributed by atoms with Gasteiger partial charge in [-0.3, -0.25) is 9.59 Å². The summed E-state index contributed by atoms with van der Waals surface area (Å²) >= 11 is 0. The molecule has 2 rings (SSSR count). The highest BCUT2D eigenvalue weighted by atomic mass is 16.5. The van der Waals surface area contributed by atoms with Crippen LogP contribution in [0.15, 0.2) is 30.3 Å². The minimum atomic E-state index is -0.458. The second-order valence-corrected chi connectivity index (χ2v) is 4.79. The summed E-state index contributed by atoms with van der Waals surface area (Å²) in [4.78, 5) is 26.5. The van der Waals surface area contributed by atoms with Crippen molar-refractivity contribution in [1.29, 1.82) is 0 Å². The molecule has 20 heavy (non-hydrogen) atoms. The van der Waals surface area contributed by atoms with Gasteiger partial charge in [0, 0.05) is 26.2 Å². The Morgan fingerprint density at radius 1 is 1.25 bits per heavy atom. The Hall–Kier alpha value is -2.04. The van der Waals surface area contributed by atoms with Crippen molar-refractivity contribution in [1.82, 2.24) is 9.80 Å². The number of hydrogen-bond donors (Lipinski definition) is 0. The maximum atomic E-state index is 12.4. The largest absolute Gasteiger partial charge is 0.481 e. The molecule has 1 atom stereocenters. The van der Waals surface area contributed by atoms with Crippen molar-refractivity contribution >= 4 is 12.3 Å². The van der Waals surface area contributed by atoms with Crippen LogP contribution in [-0.2, 0) is 9.59 Å². The minimum absolute atomic E-state index is 0.00176. The van der Waals surface area contributed by atoms with E-state index in [0.717, 1.165) is 6.41 Å². The van der Waals surface area contributed by atoms with E-state index in [0.29, 0.717) is 38.3 Å². The zero-order valence-corrected chi connectivity index (χ0v) is 11.7. The second kappa shape index (κ2) is 6.93. The van der Waals surface area contributed by atoms with Gasteiger partial charge in [0.1, 0.15) is 5.75 Å². The molecule has 0 unspecified atom stereocenters. The summed E-state index contributed by atoms with van der Waals surface area (Å²) in [5.41, 5.74) is 0. The average Bonchev–Trinajstić information content (AvgIpc) is 2.53. The highest BCUT2D eigenvalue weighted by Gasteiger charge is 2.27. The number of ether oxygens (including phenoxy) is 1. The summed E-state index contributed by atoms with van der Waals surface area (Å²) in [6.07, 6.45) is 1.00. The van der Waals surface area contributed by atoms with Crippen LogP contribution >= 0.6 is 0 Å². The Kier molecular flexibility index (Phi) is 4.98. The third kappa shape index (κ3) is 3.50. The van der Waals surface area contributed by atoms with Crippen LogP contribution in [0.3, 0.4) is 0 Å². The van der Waals surface area contributed by atoms with Gasteiger partial charge in [0.05, 0.1) is 0 Å². The van der Waals surface area contributed by atoms with Gasteiger partial charge in [0.2, 0.25) is 6.41 Å². The quantitative estimate of drug-likeness (QED) is 0.758. The summed E-state index contributed by atoms with van der Waals surface area (Å²) in [5, 5.41) is 0. The molecule has 0 bridgehead atoms. The predicted molar refractivity (Wildman–Crippen MR) is 75.4 cm³/mol. The van der Waals surface area contributed by atoms with E-state index in [1.807, 2.05) is 37.3 Å². The molecule has 0 aromatic heterocycles. The highest BCUT2D eigenvalue weighted by molar-refractivity contribution is 5.81. The Morgan fingerprint density at radius 2 is 1.90 bits per heavy atom. The van der Waals surface area contributed by atoms with E-state index < -0.39 is 6.10 Å². The predicted octanol–water partition coefficient (Wildman–Crippen LogP) is 1.14. The van der Waals surface area contributed by atoms with Crippen molar-refractivity contribution in [2.24, 2.45) is 0 Å². The fourth-order valence-electron chi connectivity index (χ4n) is 2.22. The Balaban J connectivity index is 1.94. The third-order valence-corrected chi connectivity index (χ3v) is 3.44. The first-order valence-electron chi connectivity index (χ1n) is 6.94. The molecule has 1 aliphatic rings. The standard InChI is InChI=1S/C15H20N2O3/c1-2-14(20-13-6-4-3-5-7-13)15(19)17-10-8-16(12-18)9-11-17/h3-7,12,14H,2,8-11H2,1H3/t14-/m0/s1. The van der Waals surface area contributed by atoms with Gasteiger partial charge >= 0.3 is 0 Å². The van der Waals surface area contributed by atoms with E-state index in [1.54, 1.807) is 9.80 Å². The number of carbonyl (C=O) groups excluding carboxylic acids is 2. The van der Waals surface area contributed by atoms with Crippen LogP contribution in [-0.4, -0.2) is 54.4 Å². The molecule has 1 aliphatic heterocycles. The van der Waals surface area contributed by atoms with E-state index in [4.69, 9.17) is 4.74 Å². The van der Waals surface area contributed by atoms with Crippen molar-refractivity contribution < 1.29 is 14.3 Å². The molecule has 1 heterocycles. The van der Waals surface area contributed by atoms with E-state index in [9.17, 15) is 9.59 Å². The number of amides is 2. The number of hydrogen-bond acceptors (Lipinski definition) is 3.